The Morgan fingerprint density at radius 2 is 2.27 bits per heavy atom. The van der Waals surface area contributed by atoms with Crippen molar-refractivity contribution in [2.75, 3.05) is 18.4 Å². The molecule has 1 aliphatic rings. The lowest BCUT2D eigenvalue weighted by atomic mass is 10.4. The van der Waals surface area contributed by atoms with E-state index in [1.165, 1.54) is 0 Å². The number of hydrogen-bond acceptors (Lipinski definition) is 5. The SMILES string of the molecule is O=C(NCCNc1nsnc1Cl)C1CC1. The summed E-state index contributed by atoms with van der Waals surface area (Å²) in [4.78, 5) is 11.2. The molecule has 0 unspecified atom stereocenters. The van der Waals surface area contributed by atoms with Crippen LogP contribution in [0.25, 0.3) is 0 Å². The first-order valence-electron chi connectivity index (χ1n) is 4.77. The van der Waals surface area contributed by atoms with Gasteiger partial charge in [-0.2, -0.15) is 8.75 Å². The van der Waals surface area contributed by atoms with Crippen LogP contribution in [0.1, 0.15) is 12.8 Å². The molecule has 5 nitrogen and oxygen atoms in total. The van der Waals surface area contributed by atoms with Crippen molar-refractivity contribution in [3.63, 3.8) is 0 Å². The van der Waals surface area contributed by atoms with Crippen molar-refractivity contribution in [2.24, 2.45) is 5.92 Å². The second kappa shape index (κ2) is 4.76. The summed E-state index contributed by atoms with van der Waals surface area (Å²) in [6.07, 6.45) is 2.06. The Kier molecular flexibility index (Phi) is 3.37. The van der Waals surface area contributed by atoms with Crippen molar-refractivity contribution in [1.29, 1.82) is 0 Å². The quantitative estimate of drug-likeness (QED) is 0.765. The van der Waals surface area contributed by atoms with E-state index < -0.39 is 0 Å². The molecule has 1 aromatic rings. The summed E-state index contributed by atoms with van der Waals surface area (Å²) in [7, 11) is 0. The monoisotopic (exact) mass is 246 g/mol. The van der Waals surface area contributed by atoms with Crippen LogP contribution in [0.5, 0.6) is 0 Å². The molecule has 0 atom stereocenters. The number of carbonyl (C=O) groups is 1. The maximum atomic E-state index is 11.2. The predicted octanol–water partition coefficient (Wildman–Crippen LogP) is 1.13. The van der Waals surface area contributed by atoms with Crippen LogP contribution in [0.3, 0.4) is 0 Å². The molecule has 0 bridgehead atoms. The highest BCUT2D eigenvalue weighted by molar-refractivity contribution is 6.99. The first-order chi connectivity index (χ1) is 7.27. The van der Waals surface area contributed by atoms with Crippen LogP contribution in [-0.2, 0) is 4.79 Å². The molecule has 82 valence electrons. The summed E-state index contributed by atoms with van der Waals surface area (Å²) < 4.78 is 7.77. The summed E-state index contributed by atoms with van der Waals surface area (Å²) >= 11 is 6.79. The van der Waals surface area contributed by atoms with E-state index in [4.69, 9.17) is 11.6 Å². The molecule has 2 N–H and O–H groups in total. The van der Waals surface area contributed by atoms with Gasteiger partial charge in [-0.25, -0.2) is 0 Å². The van der Waals surface area contributed by atoms with E-state index in [-0.39, 0.29) is 11.8 Å². The number of amides is 1. The number of nitrogens with zero attached hydrogens (tertiary/aromatic N) is 2. The molecule has 0 saturated heterocycles. The highest BCUT2D eigenvalue weighted by atomic mass is 35.5. The van der Waals surface area contributed by atoms with Gasteiger partial charge in [0.15, 0.2) is 11.0 Å². The number of rotatable bonds is 5. The van der Waals surface area contributed by atoms with Gasteiger partial charge in [0.05, 0.1) is 11.7 Å². The van der Waals surface area contributed by atoms with Crippen LogP contribution in [0.15, 0.2) is 0 Å². The van der Waals surface area contributed by atoms with Crippen molar-refractivity contribution in [3.8, 4) is 0 Å². The Morgan fingerprint density at radius 3 is 2.87 bits per heavy atom. The van der Waals surface area contributed by atoms with Crippen molar-refractivity contribution in [1.82, 2.24) is 14.1 Å². The summed E-state index contributed by atoms with van der Waals surface area (Å²) in [6, 6.07) is 0. The largest absolute Gasteiger partial charge is 0.365 e. The molecule has 1 heterocycles. The van der Waals surface area contributed by atoms with Gasteiger partial charge in [0.25, 0.3) is 0 Å². The zero-order chi connectivity index (χ0) is 10.7. The lowest BCUT2D eigenvalue weighted by Crippen LogP contribution is -2.29. The maximum Gasteiger partial charge on any atom is 0.223 e. The third kappa shape index (κ3) is 3.04. The van der Waals surface area contributed by atoms with Gasteiger partial charge in [0.2, 0.25) is 5.91 Å². The Labute approximate surface area is 96.5 Å². The molecule has 1 aromatic heterocycles. The van der Waals surface area contributed by atoms with E-state index in [1.54, 1.807) is 0 Å². The number of nitrogens with one attached hydrogen (secondary N) is 2. The van der Waals surface area contributed by atoms with Gasteiger partial charge in [-0.15, -0.1) is 0 Å². The molecule has 0 aromatic carbocycles. The maximum absolute atomic E-state index is 11.2. The number of aromatic nitrogens is 2. The van der Waals surface area contributed by atoms with Gasteiger partial charge in [0.1, 0.15) is 0 Å². The van der Waals surface area contributed by atoms with Crippen LogP contribution in [0, 0.1) is 5.92 Å². The number of anilines is 1. The van der Waals surface area contributed by atoms with E-state index >= 15 is 0 Å². The predicted molar refractivity (Wildman–Crippen MR) is 59.1 cm³/mol. The lowest BCUT2D eigenvalue weighted by molar-refractivity contribution is -0.122. The summed E-state index contributed by atoms with van der Waals surface area (Å²) in [5, 5.41) is 6.22. The van der Waals surface area contributed by atoms with E-state index in [0.29, 0.717) is 24.1 Å². The molecule has 1 fully saturated rings. The van der Waals surface area contributed by atoms with Gasteiger partial charge in [0, 0.05) is 19.0 Å². The van der Waals surface area contributed by atoms with Crippen LogP contribution < -0.4 is 10.6 Å². The van der Waals surface area contributed by atoms with E-state index in [9.17, 15) is 4.79 Å². The average Bonchev–Trinajstić information content (AvgIpc) is 2.99. The van der Waals surface area contributed by atoms with Crippen LogP contribution in [0.4, 0.5) is 5.82 Å². The molecule has 0 radical (unpaired) electrons. The Bertz CT molecular complexity index is 352. The summed E-state index contributed by atoms with van der Waals surface area (Å²) in [5.41, 5.74) is 0. The van der Waals surface area contributed by atoms with Crippen molar-refractivity contribution >= 4 is 35.1 Å². The fraction of sp³-hybridized carbons (Fsp3) is 0.625. The minimum absolute atomic E-state index is 0.152. The van der Waals surface area contributed by atoms with Crippen LogP contribution >= 0.6 is 23.3 Å². The first kappa shape index (κ1) is 10.6. The smallest absolute Gasteiger partial charge is 0.223 e. The topological polar surface area (TPSA) is 66.9 Å². The molecule has 15 heavy (non-hydrogen) atoms. The summed E-state index contributed by atoms with van der Waals surface area (Å²) in [6.45, 7) is 1.20. The molecular formula is C8H11ClN4OS. The first-order valence-corrected chi connectivity index (χ1v) is 5.88. The lowest BCUT2D eigenvalue weighted by Gasteiger charge is -2.04. The molecule has 1 amide bonds. The number of hydrogen-bond donors (Lipinski definition) is 2. The van der Waals surface area contributed by atoms with Crippen molar-refractivity contribution in [3.05, 3.63) is 5.15 Å². The van der Waals surface area contributed by atoms with Crippen LogP contribution in [0.2, 0.25) is 5.15 Å². The van der Waals surface area contributed by atoms with Gasteiger partial charge in [-0.05, 0) is 12.8 Å². The average molecular weight is 247 g/mol. The zero-order valence-corrected chi connectivity index (χ0v) is 9.57. The minimum atomic E-state index is 0.152. The van der Waals surface area contributed by atoms with Gasteiger partial charge >= 0.3 is 0 Å². The fourth-order valence-electron chi connectivity index (χ4n) is 1.14. The van der Waals surface area contributed by atoms with Gasteiger partial charge in [-0.1, -0.05) is 11.6 Å². The second-order valence-corrected chi connectivity index (χ2v) is 4.28. The second-order valence-electron chi connectivity index (χ2n) is 3.40. The molecule has 7 heteroatoms. The third-order valence-electron chi connectivity index (χ3n) is 2.11. The summed E-state index contributed by atoms with van der Waals surface area (Å²) in [5.74, 6) is 0.996. The van der Waals surface area contributed by atoms with Crippen molar-refractivity contribution < 1.29 is 4.79 Å². The Hall–Kier alpha value is -0.880. The minimum Gasteiger partial charge on any atom is -0.365 e. The van der Waals surface area contributed by atoms with Gasteiger partial charge in [-0.3, -0.25) is 4.79 Å². The van der Waals surface area contributed by atoms with E-state index in [1.807, 2.05) is 0 Å². The molecule has 1 saturated carbocycles. The molecule has 0 aliphatic heterocycles. The fourth-order valence-corrected chi connectivity index (χ4v) is 1.82. The molecule has 0 spiro atoms. The molecule has 2 rings (SSSR count). The normalized spacial score (nSPS) is 15.0. The van der Waals surface area contributed by atoms with Crippen molar-refractivity contribution in [2.45, 2.75) is 12.8 Å². The Morgan fingerprint density at radius 1 is 1.47 bits per heavy atom. The van der Waals surface area contributed by atoms with E-state index in [0.717, 1.165) is 24.6 Å². The highest BCUT2D eigenvalue weighted by Crippen LogP contribution is 2.28. The molecule has 1 aliphatic carbocycles. The Balaban J connectivity index is 1.62. The standard InChI is InChI=1S/C8H11ClN4OS/c9-6-7(13-15-12-6)10-3-4-11-8(14)5-1-2-5/h5H,1-4H2,(H,10,13)(H,11,14). The van der Waals surface area contributed by atoms with Crippen LogP contribution in [-0.4, -0.2) is 27.7 Å². The zero-order valence-electron chi connectivity index (χ0n) is 7.99. The number of carbonyl (C=O) groups excluding carboxylic acids is 1. The number of halogens is 1. The third-order valence-corrected chi connectivity index (χ3v) is 3.01. The van der Waals surface area contributed by atoms with Gasteiger partial charge < -0.3 is 10.6 Å². The molecular weight excluding hydrogens is 236 g/mol. The van der Waals surface area contributed by atoms with E-state index in [2.05, 4.69) is 19.4 Å². The highest BCUT2D eigenvalue weighted by Gasteiger charge is 2.28.